The Bertz CT molecular complexity index is 380. The Hall–Kier alpha value is -1.16. The van der Waals surface area contributed by atoms with Gasteiger partial charge in [-0.3, -0.25) is 4.79 Å². The molecule has 4 heteroatoms. The fourth-order valence-electron chi connectivity index (χ4n) is 2.25. The summed E-state index contributed by atoms with van der Waals surface area (Å²) in [5.41, 5.74) is -0.224. The van der Waals surface area contributed by atoms with Gasteiger partial charge in [-0.05, 0) is 18.9 Å². The maximum atomic E-state index is 11.4. The van der Waals surface area contributed by atoms with Gasteiger partial charge in [-0.1, -0.05) is 19.3 Å². The maximum Gasteiger partial charge on any atom is 0.267 e. The van der Waals surface area contributed by atoms with Gasteiger partial charge in [0.15, 0.2) is 0 Å². The average Bonchev–Trinajstić information content (AvgIpc) is 2.22. The van der Waals surface area contributed by atoms with Gasteiger partial charge in [0.05, 0.1) is 5.60 Å². The van der Waals surface area contributed by atoms with Gasteiger partial charge in [0.1, 0.15) is 0 Å². The van der Waals surface area contributed by atoms with Crippen LogP contribution < -0.4 is 5.56 Å². The van der Waals surface area contributed by atoms with E-state index in [0.717, 1.165) is 25.7 Å². The molecule has 0 unspecified atom stereocenters. The van der Waals surface area contributed by atoms with Crippen LogP contribution >= 0.6 is 0 Å². The third kappa shape index (κ3) is 2.45. The molecule has 1 aliphatic rings. The monoisotopic (exact) mass is 208 g/mol. The van der Waals surface area contributed by atoms with E-state index in [1.54, 1.807) is 12.3 Å². The van der Waals surface area contributed by atoms with E-state index < -0.39 is 5.60 Å². The van der Waals surface area contributed by atoms with Crippen LogP contribution in [0.2, 0.25) is 0 Å². The van der Waals surface area contributed by atoms with E-state index in [0.29, 0.717) is 12.0 Å². The van der Waals surface area contributed by atoms with Crippen molar-refractivity contribution in [2.45, 2.75) is 44.1 Å². The van der Waals surface area contributed by atoms with Gasteiger partial charge in [0, 0.05) is 18.2 Å². The van der Waals surface area contributed by atoms with Crippen molar-refractivity contribution in [1.82, 2.24) is 10.2 Å². The Morgan fingerprint density at radius 2 is 2.13 bits per heavy atom. The number of rotatable bonds is 2. The number of hydrogen-bond acceptors (Lipinski definition) is 3. The molecule has 0 atom stereocenters. The van der Waals surface area contributed by atoms with E-state index in [2.05, 4.69) is 10.2 Å². The summed E-state index contributed by atoms with van der Waals surface area (Å²) in [5.74, 6) is 0. The van der Waals surface area contributed by atoms with Gasteiger partial charge < -0.3 is 5.11 Å². The van der Waals surface area contributed by atoms with Crippen LogP contribution in [0.1, 0.15) is 37.7 Å². The summed E-state index contributed by atoms with van der Waals surface area (Å²) in [4.78, 5) is 11.4. The number of aromatic amines is 1. The van der Waals surface area contributed by atoms with Crippen molar-refractivity contribution in [3.63, 3.8) is 0 Å². The fraction of sp³-hybridized carbons (Fsp3) is 0.636. The molecule has 1 heterocycles. The lowest BCUT2D eigenvalue weighted by atomic mass is 9.81. The SMILES string of the molecule is O=c1[nH]nccc1CC1(O)CCCCC1. The minimum absolute atomic E-state index is 0.184. The lowest BCUT2D eigenvalue weighted by Gasteiger charge is -2.31. The molecule has 0 bridgehead atoms. The van der Waals surface area contributed by atoms with Crippen molar-refractivity contribution in [3.8, 4) is 0 Å². The van der Waals surface area contributed by atoms with Crippen LogP contribution in [-0.2, 0) is 6.42 Å². The summed E-state index contributed by atoms with van der Waals surface area (Å²) in [6.07, 6.45) is 6.91. The first-order chi connectivity index (χ1) is 7.20. The van der Waals surface area contributed by atoms with Crippen LogP contribution in [0.5, 0.6) is 0 Å². The quantitative estimate of drug-likeness (QED) is 0.762. The zero-order valence-corrected chi connectivity index (χ0v) is 8.70. The summed E-state index contributed by atoms with van der Waals surface area (Å²) >= 11 is 0. The highest BCUT2D eigenvalue weighted by atomic mass is 16.3. The molecule has 1 fully saturated rings. The molecule has 1 saturated carbocycles. The van der Waals surface area contributed by atoms with Crippen LogP contribution in [-0.4, -0.2) is 20.9 Å². The number of H-pyrrole nitrogens is 1. The van der Waals surface area contributed by atoms with Crippen molar-refractivity contribution < 1.29 is 5.11 Å². The van der Waals surface area contributed by atoms with E-state index in [-0.39, 0.29) is 5.56 Å². The van der Waals surface area contributed by atoms with Crippen LogP contribution in [0.25, 0.3) is 0 Å². The number of aliphatic hydroxyl groups is 1. The lowest BCUT2D eigenvalue weighted by molar-refractivity contribution is 0.00418. The molecule has 2 rings (SSSR count). The number of nitrogens with zero attached hydrogens (tertiary/aromatic N) is 1. The molecule has 4 nitrogen and oxygen atoms in total. The molecule has 0 aliphatic heterocycles. The topological polar surface area (TPSA) is 66.0 Å². The van der Waals surface area contributed by atoms with Crippen molar-refractivity contribution in [2.24, 2.45) is 0 Å². The summed E-state index contributed by atoms with van der Waals surface area (Å²) in [7, 11) is 0. The lowest BCUT2D eigenvalue weighted by Crippen LogP contribution is -2.35. The van der Waals surface area contributed by atoms with Crippen LogP contribution in [0, 0.1) is 0 Å². The van der Waals surface area contributed by atoms with Gasteiger partial charge in [0.2, 0.25) is 0 Å². The number of aromatic nitrogens is 2. The third-order valence-corrected chi connectivity index (χ3v) is 3.11. The molecule has 1 aromatic heterocycles. The Balaban J connectivity index is 2.14. The first kappa shape index (κ1) is 10.4. The number of nitrogens with one attached hydrogen (secondary N) is 1. The Labute approximate surface area is 88.3 Å². The van der Waals surface area contributed by atoms with Crippen molar-refractivity contribution >= 4 is 0 Å². The average molecular weight is 208 g/mol. The van der Waals surface area contributed by atoms with Crippen molar-refractivity contribution in [1.29, 1.82) is 0 Å². The molecular weight excluding hydrogens is 192 g/mol. The molecule has 1 aromatic rings. The molecule has 15 heavy (non-hydrogen) atoms. The number of hydrogen-bond donors (Lipinski definition) is 2. The zero-order valence-electron chi connectivity index (χ0n) is 8.70. The molecule has 0 saturated heterocycles. The highest BCUT2D eigenvalue weighted by Crippen LogP contribution is 2.30. The van der Waals surface area contributed by atoms with E-state index in [4.69, 9.17) is 0 Å². The first-order valence-electron chi connectivity index (χ1n) is 5.45. The zero-order chi connectivity index (χ0) is 10.7. The minimum atomic E-state index is -0.674. The molecule has 0 radical (unpaired) electrons. The summed E-state index contributed by atoms with van der Waals surface area (Å²) in [6.45, 7) is 0. The Morgan fingerprint density at radius 3 is 2.80 bits per heavy atom. The molecule has 0 spiro atoms. The smallest absolute Gasteiger partial charge is 0.267 e. The minimum Gasteiger partial charge on any atom is -0.390 e. The second-order valence-corrected chi connectivity index (χ2v) is 4.37. The highest BCUT2D eigenvalue weighted by molar-refractivity contribution is 5.10. The molecular formula is C11H16N2O2. The largest absolute Gasteiger partial charge is 0.390 e. The van der Waals surface area contributed by atoms with E-state index >= 15 is 0 Å². The fourth-order valence-corrected chi connectivity index (χ4v) is 2.25. The van der Waals surface area contributed by atoms with Gasteiger partial charge in [-0.25, -0.2) is 5.10 Å². The third-order valence-electron chi connectivity index (χ3n) is 3.11. The molecule has 2 N–H and O–H groups in total. The Morgan fingerprint density at radius 1 is 1.40 bits per heavy atom. The second kappa shape index (κ2) is 4.14. The van der Waals surface area contributed by atoms with Gasteiger partial charge in [-0.2, -0.15) is 5.10 Å². The summed E-state index contributed by atoms with van der Waals surface area (Å²) in [6, 6.07) is 1.69. The standard InChI is InChI=1S/C11H16N2O2/c14-10-9(4-7-12-13-10)8-11(15)5-2-1-3-6-11/h4,7,15H,1-3,5-6,8H2,(H,13,14). The van der Waals surface area contributed by atoms with E-state index in [1.165, 1.54) is 6.42 Å². The van der Waals surface area contributed by atoms with E-state index in [9.17, 15) is 9.90 Å². The van der Waals surface area contributed by atoms with Crippen LogP contribution in [0.15, 0.2) is 17.1 Å². The molecule has 0 amide bonds. The van der Waals surface area contributed by atoms with Gasteiger partial charge in [0.25, 0.3) is 5.56 Å². The maximum absolute atomic E-state index is 11.4. The predicted molar refractivity (Wildman–Crippen MR) is 56.6 cm³/mol. The van der Waals surface area contributed by atoms with E-state index in [1.807, 2.05) is 0 Å². The highest BCUT2D eigenvalue weighted by Gasteiger charge is 2.29. The Kier molecular flexibility index (Phi) is 2.86. The molecule has 0 aromatic carbocycles. The van der Waals surface area contributed by atoms with Crippen molar-refractivity contribution in [3.05, 3.63) is 28.2 Å². The molecule has 1 aliphatic carbocycles. The normalized spacial score (nSPS) is 20.1. The van der Waals surface area contributed by atoms with Gasteiger partial charge in [-0.15, -0.1) is 0 Å². The van der Waals surface area contributed by atoms with Crippen molar-refractivity contribution in [2.75, 3.05) is 0 Å². The molecule has 82 valence electrons. The second-order valence-electron chi connectivity index (χ2n) is 4.37. The predicted octanol–water partition coefficient (Wildman–Crippen LogP) is 1.01. The van der Waals surface area contributed by atoms with Crippen LogP contribution in [0.4, 0.5) is 0 Å². The summed E-state index contributed by atoms with van der Waals surface area (Å²) in [5, 5.41) is 16.3. The summed E-state index contributed by atoms with van der Waals surface area (Å²) < 4.78 is 0. The van der Waals surface area contributed by atoms with Gasteiger partial charge >= 0.3 is 0 Å². The first-order valence-corrected chi connectivity index (χ1v) is 5.45. The van der Waals surface area contributed by atoms with Crippen LogP contribution in [0.3, 0.4) is 0 Å².